The molecule has 2 atom stereocenters. The zero-order valence-corrected chi connectivity index (χ0v) is 26.3. The van der Waals surface area contributed by atoms with Gasteiger partial charge in [-0.1, -0.05) is 36.2 Å². The van der Waals surface area contributed by atoms with Crippen molar-refractivity contribution in [3.05, 3.63) is 64.7 Å². The summed E-state index contributed by atoms with van der Waals surface area (Å²) < 4.78 is 11.8. The molecule has 2 N–H and O–H groups in total. The third-order valence-corrected chi connectivity index (χ3v) is 9.13. The van der Waals surface area contributed by atoms with Crippen molar-refractivity contribution in [2.24, 2.45) is 11.3 Å². The Bertz CT molecular complexity index is 1350. The zero-order chi connectivity index (χ0) is 29.9. The molecule has 3 fully saturated rings. The first-order valence-electron chi connectivity index (χ1n) is 15.6. The van der Waals surface area contributed by atoms with Gasteiger partial charge < -0.3 is 14.8 Å². The largest absolute Gasteiger partial charge is 0.497 e. The van der Waals surface area contributed by atoms with Gasteiger partial charge in [-0.25, -0.2) is 0 Å². The lowest BCUT2D eigenvalue weighted by atomic mass is 9.75. The molecule has 3 aromatic rings. The number of Topliss-reactive ketones (excluding diaryl/α,β-unsaturated/α-hetero) is 1. The van der Waals surface area contributed by atoms with Crippen molar-refractivity contribution in [3.8, 4) is 22.9 Å². The molecule has 0 spiro atoms. The number of ketones is 1. The second kappa shape index (κ2) is 13.0. The van der Waals surface area contributed by atoms with Gasteiger partial charge in [0.1, 0.15) is 12.4 Å². The maximum atomic E-state index is 13.7. The summed E-state index contributed by atoms with van der Waals surface area (Å²) in [6, 6.07) is 14.8. The molecule has 3 aliphatic heterocycles. The number of nitrogens with zero attached hydrogens (tertiary/aromatic N) is 2. The van der Waals surface area contributed by atoms with Crippen LogP contribution in [-0.2, 0) is 11.2 Å². The van der Waals surface area contributed by atoms with Crippen LogP contribution >= 0.6 is 0 Å². The topological polar surface area (TPSA) is 79.5 Å². The van der Waals surface area contributed by atoms with E-state index in [9.17, 15) is 4.79 Å². The Balaban J connectivity index is 1.30. The Kier molecular flexibility index (Phi) is 9.38. The van der Waals surface area contributed by atoms with Crippen molar-refractivity contribution >= 4 is 5.78 Å². The zero-order valence-electron chi connectivity index (χ0n) is 26.3. The molecule has 2 bridgehead atoms. The standard InChI is InChI=1S/C35H48N4O3/c1-23-16-24(2)18-28(17-23)32-31(25(3)21-36-13-10-26-8-7-9-29(19-26)41-6)34(38-37-32)42-22-35(4,5)33(40)30-20-27-11-14-39(30)15-12-27/h7-9,16-19,25,27,30,36H,10-15,20-22H2,1-6H3,(H,37,38)/t25-,30?/m1/s1. The van der Waals surface area contributed by atoms with Gasteiger partial charge in [-0.3, -0.25) is 14.8 Å². The van der Waals surface area contributed by atoms with Crippen LogP contribution in [0.5, 0.6) is 11.6 Å². The average molecular weight is 573 g/mol. The molecule has 1 aromatic heterocycles. The molecule has 4 heterocycles. The summed E-state index contributed by atoms with van der Waals surface area (Å²) in [5.41, 5.74) is 6.20. The molecule has 0 saturated carbocycles. The summed E-state index contributed by atoms with van der Waals surface area (Å²) in [6.07, 6.45) is 4.36. The van der Waals surface area contributed by atoms with Gasteiger partial charge in [0, 0.05) is 23.6 Å². The van der Waals surface area contributed by atoms with Gasteiger partial charge in [-0.05, 0) is 109 Å². The first kappa shape index (κ1) is 30.3. The number of carbonyl (C=O) groups is 1. The number of carbonyl (C=O) groups excluding carboxylic acids is 1. The van der Waals surface area contributed by atoms with Gasteiger partial charge >= 0.3 is 0 Å². The maximum absolute atomic E-state index is 13.7. The summed E-state index contributed by atoms with van der Waals surface area (Å²) >= 11 is 0. The maximum Gasteiger partial charge on any atom is 0.236 e. The third kappa shape index (κ3) is 6.90. The molecule has 1 unspecified atom stereocenters. The van der Waals surface area contributed by atoms with Crippen LogP contribution in [0.15, 0.2) is 42.5 Å². The Labute approximate surface area is 251 Å². The van der Waals surface area contributed by atoms with Crippen LogP contribution in [0.25, 0.3) is 11.3 Å². The van der Waals surface area contributed by atoms with Crippen LogP contribution in [-0.4, -0.2) is 66.8 Å². The summed E-state index contributed by atoms with van der Waals surface area (Å²) in [6.45, 7) is 14.5. The Morgan fingerprint density at radius 1 is 1.14 bits per heavy atom. The number of methoxy groups -OCH3 is 1. The van der Waals surface area contributed by atoms with E-state index in [0.29, 0.717) is 24.2 Å². The molecule has 3 saturated heterocycles. The minimum absolute atomic E-state index is 0.0216. The first-order valence-corrected chi connectivity index (χ1v) is 15.6. The number of aryl methyl sites for hydroxylation is 2. The number of aromatic nitrogens is 2. The van der Waals surface area contributed by atoms with Crippen LogP contribution in [0.3, 0.4) is 0 Å². The molecule has 42 heavy (non-hydrogen) atoms. The van der Waals surface area contributed by atoms with Crippen molar-refractivity contribution in [2.75, 3.05) is 39.9 Å². The van der Waals surface area contributed by atoms with Crippen LogP contribution in [0.2, 0.25) is 0 Å². The van der Waals surface area contributed by atoms with Crippen molar-refractivity contribution in [1.82, 2.24) is 20.4 Å². The fourth-order valence-electron chi connectivity index (χ4n) is 6.73. The second-order valence-electron chi connectivity index (χ2n) is 13.2. The van der Waals surface area contributed by atoms with E-state index < -0.39 is 5.41 Å². The summed E-state index contributed by atoms with van der Waals surface area (Å²) in [7, 11) is 1.70. The monoisotopic (exact) mass is 572 g/mol. The molecule has 0 radical (unpaired) electrons. The number of nitrogens with one attached hydrogen (secondary N) is 2. The number of fused-ring (bicyclic) bond motifs is 3. The molecular weight excluding hydrogens is 524 g/mol. The molecule has 0 amide bonds. The fraction of sp³-hybridized carbons (Fsp3) is 0.543. The highest BCUT2D eigenvalue weighted by Crippen LogP contribution is 2.38. The highest BCUT2D eigenvalue weighted by Gasteiger charge is 2.43. The Hall–Kier alpha value is -3.16. The number of aromatic amines is 1. The fourth-order valence-corrected chi connectivity index (χ4v) is 6.73. The number of ether oxygens (including phenoxy) is 2. The van der Waals surface area contributed by atoms with E-state index in [1.54, 1.807) is 7.11 Å². The van der Waals surface area contributed by atoms with E-state index in [4.69, 9.17) is 9.47 Å². The van der Waals surface area contributed by atoms with E-state index in [1.807, 2.05) is 26.0 Å². The molecule has 7 nitrogen and oxygen atoms in total. The quantitative estimate of drug-likeness (QED) is 0.241. The van der Waals surface area contributed by atoms with E-state index in [2.05, 4.69) is 71.5 Å². The lowest BCUT2D eigenvalue weighted by molar-refractivity contribution is -0.138. The van der Waals surface area contributed by atoms with Crippen molar-refractivity contribution in [3.63, 3.8) is 0 Å². The number of hydrogen-bond acceptors (Lipinski definition) is 6. The number of benzene rings is 2. The van der Waals surface area contributed by atoms with Crippen molar-refractivity contribution in [2.45, 2.75) is 72.3 Å². The van der Waals surface area contributed by atoms with E-state index in [-0.39, 0.29) is 12.0 Å². The third-order valence-electron chi connectivity index (χ3n) is 9.13. The number of piperidine rings is 3. The summed E-state index contributed by atoms with van der Waals surface area (Å²) in [4.78, 5) is 16.1. The highest BCUT2D eigenvalue weighted by atomic mass is 16.5. The number of hydrogen-bond donors (Lipinski definition) is 2. The van der Waals surface area contributed by atoms with Gasteiger partial charge in [-0.15, -0.1) is 5.10 Å². The van der Waals surface area contributed by atoms with Crippen LogP contribution in [0, 0.1) is 25.2 Å². The normalized spacial score (nSPS) is 20.9. The van der Waals surface area contributed by atoms with E-state index in [1.165, 1.54) is 29.5 Å². The minimum atomic E-state index is -0.601. The Morgan fingerprint density at radius 2 is 1.88 bits per heavy atom. The van der Waals surface area contributed by atoms with Crippen LogP contribution in [0.4, 0.5) is 0 Å². The molecule has 7 heteroatoms. The number of H-pyrrole nitrogens is 1. The predicted molar refractivity (Wildman–Crippen MR) is 168 cm³/mol. The lowest BCUT2D eigenvalue weighted by Crippen LogP contribution is -2.56. The van der Waals surface area contributed by atoms with Crippen LogP contribution in [0.1, 0.15) is 68.2 Å². The summed E-state index contributed by atoms with van der Waals surface area (Å²) in [5, 5.41) is 11.6. The molecule has 0 aliphatic carbocycles. The van der Waals surface area contributed by atoms with Gasteiger partial charge in [0.25, 0.3) is 0 Å². The first-order chi connectivity index (χ1) is 20.1. The average Bonchev–Trinajstić information content (AvgIpc) is 3.42. The smallest absolute Gasteiger partial charge is 0.236 e. The van der Waals surface area contributed by atoms with E-state index >= 15 is 0 Å². The van der Waals surface area contributed by atoms with E-state index in [0.717, 1.165) is 61.6 Å². The van der Waals surface area contributed by atoms with Gasteiger partial charge in [0.05, 0.1) is 24.3 Å². The van der Waals surface area contributed by atoms with Gasteiger partial charge in [-0.2, -0.15) is 0 Å². The molecule has 2 aromatic carbocycles. The van der Waals surface area contributed by atoms with Gasteiger partial charge in [0.15, 0.2) is 5.78 Å². The summed E-state index contributed by atoms with van der Waals surface area (Å²) in [5.74, 6) is 2.60. The van der Waals surface area contributed by atoms with Crippen LogP contribution < -0.4 is 14.8 Å². The van der Waals surface area contributed by atoms with Gasteiger partial charge in [0.2, 0.25) is 5.88 Å². The highest BCUT2D eigenvalue weighted by molar-refractivity contribution is 5.89. The predicted octanol–water partition coefficient (Wildman–Crippen LogP) is 6.10. The molecule has 6 rings (SSSR count). The van der Waals surface area contributed by atoms with Crippen molar-refractivity contribution < 1.29 is 14.3 Å². The SMILES string of the molecule is COc1cccc(CCNC[C@@H](C)c2c(OCC(C)(C)C(=O)C3CC4CCN3CC4)n[nH]c2-c2cc(C)cc(C)c2)c1. The molecular formula is C35H48N4O3. The minimum Gasteiger partial charge on any atom is -0.497 e. The number of rotatable bonds is 13. The Morgan fingerprint density at radius 3 is 2.55 bits per heavy atom. The molecule has 3 aliphatic rings. The second-order valence-corrected chi connectivity index (χ2v) is 13.2. The molecule has 226 valence electrons. The van der Waals surface area contributed by atoms with Crippen molar-refractivity contribution in [1.29, 1.82) is 0 Å². The lowest BCUT2D eigenvalue weighted by Gasteiger charge is -2.46.